The third kappa shape index (κ3) is 11.1. The SMILES string of the molecule is C=N/C(=N\N=C(/C)c1ccc(C[C@H](NC(=O)c2ccc(C(C)(C)C)cc2)C(=O)O)cc1)c1ccc(OCCCCCCC)cc1. The Balaban J connectivity index is 1.60. The van der Waals surface area contributed by atoms with Gasteiger partial charge in [-0.05, 0) is 78.6 Å². The summed E-state index contributed by atoms with van der Waals surface area (Å²) in [5.74, 6) is -0.328. The van der Waals surface area contributed by atoms with Gasteiger partial charge in [0, 0.05) is 17.5 Å². The summed E-state index contributed by atoms with van der Waals surface area (Å²) in [4.78, 5) is 28.8. The summed E-state index contributed by atoms with van der Waals surface area (Å²) in [5.41, 5.74) is 4.50. The first-order valence-corrected chi connectivity index (χ1v) is 15.6. The molecule has 3 rings (SSSR count). The fourth-order valence-corrected chi connectivity index (χ4v) is 4.64. The highest BCUT2D eigenvalue weighted by Crippen LogP contribution is 2.22. The van der Waals surface area contributed by atoms with Crippen molar-refractivity contribution < 1.29 is 19.4 Å². The maximum Gasteiger partial charge on any atom is 0.326 e. The zero-order valence-corrected chi connectivity index (χ0v) is 27.2. The molecule has 0 spiro atoms. The number of aliphatic carboxylic acids is 1. The van der Waals surface area contributed by atoms with E-state index in [1.54, 1.807) is 12.1 Å². The number of aliphatic imine (C=N–C) groups is 1. The molecule has 8 nitrogen and oxygen atoms in total. The average Bonchev–Trinajstić information content (AvgIpc) is 3.03. The average molecular weight is 611 g/mol. The molecule has 0 aromatic heterocycles. The summed E-state index contributed by atoms with van der Waals surface area (Å²) in [6.45, 7) is 14.7. The monoisotopic (exact) mass is 610 g/mol. The molecule has 8 heteroatoms. The maximum absolute atomic E-state index is 12.8. The number of hydrogen-bond donors (Lipinski definition) is 2. The van der Waals surface area contributed by atoms with Gasteiger partial charge in [-0.2, -0.15) is 5.10 Å². The van der Waals surface area contributed by atoms with Crippen molar-refractivity contribution >= 4 is 30.1 Å². The van der Waals surface area contributed by atoms with Crippen LogP contribution in [0, 0.1) is 0 Å². The van der Waals surface area contributed by atoms with Crippen LogP contribution in [0.2, 0.25) is 0 Å². The first kappa shape index (κ1) is 34.9. The Kier molecular flexibility index (Phi) is 13.2. The van der Waals surface area contributed by atoms with Crippen molar-refractivity contribution in [2.45, 2.75) is 84.6 Å². The van der Waals surface area contributed by atoms with Gasteiger partial charge >= 0.3 is 5.97 Å². The van der Waals surface area contributed by atoms with Gasteiger partial charge in [-0.1, -0.05) is 89.8 Å². The van der Waals surface area contributed by atoms with Crippen LogP contribution >= 0.6 is 0 Å². The Morgan fingerprint density at radius 2 is 1.44 bits per heavy atom. The predicted octanol–water partition coefficient (Wildman–Crippen LogP) is 7.63. The number of amides is 1. The molecular weight excluding hydrogens is 564 g/mol. The van der Waals surface area contributed by atoms with Crippen molar-refractivity contribution in [1.29, 1.82) is 0 Å². The number of nitrogens with one attached hydrogen (secondary N) is 1. The molecule has 2 N–H and O–H groups in total. The molecule has 0 saturated heterocycles. The second-order valence-electron chi connectivity index (χ2n) is 12.1. The number of rotatable bonds is 15. The number of ether oxygens (including phenoxy) is 1. The number of carbonyl (C=O) groups excluding carboxylic acids is 1. The van der Waals surface area contributed by atoms with Gasteiger partial charge < -0.3 is 15.2 Å². The van der Waals surface area contributed by atoms with Gasteiger partial charge in [-0.25, -0.2) is 9.79 Å². The third-order valence-electron chi connectivity index (χ3n) is 7.50. The fourth-order valence-electron chi connectivity index (χ4n) is 4.64. The Morgan fingerprint density at radius 3 is 2.02 bits per heavy atom. The van der Waals surface area contributed by atoms with E-state index < -0.39 is 17.9 Å². The second kappa shape index (κ2) is 17.0. The zero-order chi connectivity index (χ0) is 32.8. The molecule has 1 atom stereocenters. The smallest absolute Gasteiger partial charge is 0.326 e. The van der Waals surface area contributed by atoms with Crippen LogP contribution in [0.25, 0.3) is 0 Å². The maximum atomic E-state index is 12.8. The molecule has 0 bridgehead atoms. The van der Waals surface area contributed by atoms with E-state index in [1.165, 1.54) is 25.7 Å². The summed E-state index contributed by atoms with van der Waals surface area (Å²) < 4.78 is 5.84. The topological polar surface area (TPSA) is 113 Å². The van der Waals surface area contributed by atoms with E-state index in [0.29, 0.717) is 23.7 Å². The molecule has 0 aliphatic rings. The molecule has 1 amide bonds. The molecule has 0 heterocycles. The lowest BCUT2D eigenvalue weighted by molar-refractivity contribution is -0.139. The highest BCUT2D eigenvalue weighted by atomic mass is 16.5. The number of amidine groups is 1. The largest absolute Gasteiger partial charge is 0.494 e. The molecule has 45 heavy (non-hydrogen) atoms. The number of carboxylic acid groups (broad SMARTS) is 1. The lowest BCUT2D eigenvalue weighted by atomic mass is 9.86. The zero-order valence-electron chi connectivity index (χ0n) is 27.2. The second-order valence-corrected chi connectivity index (χ2v) is 12.1. The van der Waals surface area contributed by atoms with E-state index in [1.807, 2.05) is 67.6 Å². The lowest BCUT2D eigenvalue weighted by Crippen LogP contribution is -2.42. The number of carboxylic acids is 1. The first-order chi connectivity index (χ1) is 21.5. The lowest BCUT2D eigenvalue weighted by Gasteiger charge is -2.19. The van der Waals surface area contributed by atoms with E-state index in [9.17, 15) is 14.7 Å². The van der Waals surface area contributed by atoms with E-state index in [4.69, 9.17) is 4.74 Å². The van der Waals surface area contributed by atoms with Crippen LogP contribution < -0.4 is 10.1 Å². The van der Waals surface area contributed by atoms with Gasteiger partial charge in [0.15, 0.2) is 5.84 Å². The van der Waals surface area contributed by atoms with Gasteiger partial charge in [0.05, 0.1) is 12.3 Å². The summed E-state index contributed by atoms with van der Waals surface area (Å²) in [5, 5.41) is 21.1. The molecule has 0 fully saturated rings. The van der Waals surface area contributed by atoms with Crippen molar-refractivity contribution in [2.24, 2.45) is 15.2 Å². The minimum atomic E-state index is -1.10. The number of carbonyl (C=O) groups is 2. The van der Waals surface area contributed by atoms with E-state index in [0.717, 1.165) is 34.4 Å². The summed E-state index contributed by atoms with van der Waals surface area (Å²) in [6, 6.07) is 21.1. The molecule has 238 valence electrons. The predicted molar refractivity (Wildman–Crippen MR) is 183 cm³/mol. The molecular formula is C37H46N4O4. The first-order valence-electron chi connectivity index (χ1n) is 15.6. The van der Waals surface area contributed by atoms with Gasteiger partial charge in [-0.15, -0.1) is 5.10 Å². The van der Waals surface area contributed by atoms with Crippen LogP contribution in [-0.4, -0.2) is 47.9 Å². The van der Waals surface area contributed by atoms with Crippen molar-refractivity contribution in [2.75, 3.05) is 6.61 Å². The van der Waals surface area contributed by atoms with Gasteiger partial charge in [0.25, 0.3) is 5.91 Å². The number of nitrogens with zero attached hydrogens (tertiary/aromatic N) is 3. The number of hydrogen-bond acceptors (Lipinski definition) is 5. The highest BCUT2D eigenvalue weighted by Gasteiger charge is 2.22. The van der Waals surface area contributed by atoms with Crippen molar-refractivity contribution in [3.05, 3.63) is 101 Å². The summed E-state index contributed by atoms with van der Waals surface area (Å²) in [6.07, 6.45) is 6.09. The fraction of sp³-hybridized carbons (Fsp3) is 0.378. The molecule has 0 unspecified atom stereocenters. The standard InChI is InChI=1S/C37H46N4O4/c1-7-8-9-10-11-24-45-32-22-18-29(19-23-32)34(38-6)41-40-26(2)28-14-12-27(13-15-28)25-33(36(43)44)39-35(42)30-16-20-31(21-17-30)37(3,4)5/h12-23,33H,6-11,24-25H2,1-5H3,(H,39,42)(H,43,44)/b40-26+,41-34-/t33-/m0/s1. The Labute approximate surface area is 267 Å². The normalized spacial score (nSPS) is 12.8. The van der Waals surface area contributed by atoms with E-state index >= 15 is 0 Å². The van der Waals surface area contributed by atoms with E-state index in [-0.39, 0.29) is 11.8 Å². The molecule has 0 saturated carbocycles. The van der Waals surface area contributed by atoms with Gasteiger partial charge in [-0.3, -0.25) is 4.79 Å². The quantitative estimate of drug-likeness (QED) is 0.0797. The van der Waals surface area contributed by atoms with Crippen LogP contribution in [0.1, 0.15) is 99.3 Å². The molecule has 3 aromatic rings. The minimum Gasteiger partial charge on any atom is -0.494 e. The molecule has 0 aliphatic carbocycles. The van der Waals surface area contributed by atoms with Crippen LogP contribution in [0.4, 0.5) is 0 Å². The van der Waals surface area contributed by atoms with Crippen molar-refractivity contribution in [1.82, 2.24) is 5.32 Å². The van der Waals surface area contributed by atoms with Crippen LogP contribution in [0.5, 0.6) is 5.75 Å². The molecule has 0 aliphatic heterocycles. The number of unbranched alkanes of at least 4 members (excludes halogenated alkanes) is 4. The third-order valence-corrected chi connectivity index (χ3v) is 7.50. The van der Waals surface area contributed by atoms with Crippen molar-refractivity contribution in [3.63, 3.8) is 0 Å². The Morgan fingerprint density at radius 1 is 0.844 bits per heavy atom. The molecule has 0 radical (unpaired) electrons. The number of benzene rings is 3. The van der Waals surface area contributed by atoms with Gasteiger partial charge in [0.2, 0.25) is 0 Å². The van der Waals surface area contributed by atoms with Gasteiger partial charge in [0.1, 0.15) is 11.8 Å². The van der Waals surface area contributed by atoms with Crippen molar-refractivity contribution in [3.8, 4) is 5.75 Å². The highest BCUT2D eigenvalue weighted by molar-refractivity contribution is 6.03. The Bertz CT molecular complexity index is 1470. The summed E-state index contributed by atoms with van der Waals surface area (Å²) >= 11 is 0. The van der Waals surface area contributed by atoms with Crippen LogP contribution in [0.3, 0.4) is 0 Å². The summed E-state index contributed by atoms with van der Waals surface area (Å²) in [7, 11) is 0. The Hall–Kier alpha value is -4.59. The van der Waals surface area contributed by atoms with E-state index in [2.05, 4.69) is 54.9 Å². The van der Waals surface area contributed by atoms with Crippen LogP contribution in [-0.2, 0) is 16.6 Å². The van der Waals surface area contributed by atoms with Crippen LogP contribution in [0.15, 0.2) is 88.0 Å². The minimum absolute atomic E-state index is 0.0419. The molecule has 3 aromatic carbocycles.